The van der Waals surface area contributed by atoms with Crippen LogP contribution in [0, 0.1) is 6.92 Å². The zero-order valence-corrected chi connectivity index (χ0v) is 16.4. The Hall–Kier alpha value is -2.70. The Morgan fingerprint density at radius 3 is 2.64 bits per heavy atom. The number of amides is 1. The van der Waals surface area contributed by atoms with Crippen LogP contribution in [0.2, 0.25) is 0 Å². The normalized spacial score (nSPS) is 16.9. The molecule has 0 saturated carbocycles. The van der Waals surface area contributed by atoms with Crippen LogP contribution in [0.1, 0.15) is 18.4 Å². The SMILES string of the molecule is Cc1cc(CN2CCN([C@@H](C)C(=O)Nc3cccc4ccccc34)CC2)no1. The van der Waals surface area contributed by atoms with Gasteiger partial charge in [-0.2, -0.15) is 0 Å². The fourth-order valence-electron chi connectivity index (χ4n) is 3.77. The van der Waals surface area contributed by atoms with Gasteiger partial charge in [-0.25, -0.2) is 0 Å². The van der Waals surface area contributed by atoms with Crippen LogP contribution in [0.3, 0.4) is 0 Å². The van der Waals surface area contributed by atoms with Crippen molar-refractivity contribution in [1.29, 1.82) is 0 Å². The summed E-state index contributed by atoms with van der Waals surface area (Å²) in [5.41, 5.74) is 1.84. The van der Waals surface area contributed by atoms with Crippen molar-refractivity contribution >= 4 is 22.4 Å². The molecule has 0 unspecified atom stereocenters. The van der Waals surface area contributed by atoms with Crippen molar-refractivity contribution in [1.82, 2.24) is 15.0 Å². The average Bonchev–Trinajstić information content (AvgIpc) is 3.13. The van der Waals surface area contributed by atoms with E-state index in [-0.39, 0.29) is 11.9 Å². The molecule has 6 heteroatoms. The number of hydrogen-bond donors (Lipinski definition) is 1. The quantitative estimate of drug-likeness (QED) is 0.738. The minimum absolute atomic E-state index is 0.0388. The van der Waals surface area contributed by atoms with E-state index in [0.717, 1.165) is 60.6 Å². The summed E-state index contributed by atoms with van der Waals surface area (Å²) in [5, 5.41) is 9.39. The Bertz CT molecular complexity index is 955. The van der Waals surface area contributed by atoms with E-state index in [1.54, 1.807) is 0 Å². The number of aryl methyl sites for hydroxylation is 1. The first-order chi connectivity index (χ1) is 13.6. The third kappa shape index (κ3) is 4.08. The third-order valence-corrected chi connectivity index (χ3v) is 5.44. The summed E-state index contributed by atoms with van der Waals surface area (Å²) in [6.45, 7) is 8.24. The van der Waals surface area contributed by atoms with E-state index in [4.69, 9.17) is 4.52 Å². The maximum atomic E-state index is 12.8. The third-order valence-electron chi connectivity index (χ3n) is 5.44. The highest BCUT2D eigenvalue weighted by molar-refractivity contribution is 6.03. The molecule has 0 aliphatic carbocycles. The van der Waals surface area contributed by atoms with Crippen molar-refractivity contribution in [2.45, 2.75) is 26.4 Å². The van der Waals surface area contributed by atoms with Gasteiger partial charge in [0.2, 0.25) is 5.91 Å². The lowest BCUT2D eigenvalue weighted by molar-refractivity contribution is -0.121. The van der Waals surface area contributed by atoms with Crippen LogP contribution in [-0.4, -0.2) is 53.1 Å². The molecule has 4 rings (SSSR count). The van der Waals surface area contributed by atoms with Crippen molar-refractivity contribution in [3.63, 3.8) is 0 Å². The van der Waals surface area contributed by atoms with Crippen molar-refractivity contribution in [2.24, 2.45) is 0 Å². The lowest BCUT2D eigenvalue weighted by Gasteiger charge is -2.37. The summed E-state index contributed by atoms with van der Waals surface area (Å²) in [7, 11) is 0. The van der Waals surface area contributed by atoms with Gasteiger partial charge in [-0.3, -0.25) is 14.6 Å². The summed E-state index contributed by atoms with van der Waals surface area (Å²) < 4.78 is 5.14. The maximum absolute atomic E-state index is 12.8. The molecule has 1 aliphatic rings. The second-order valence-corrected chi connectivity index (χ2v) is 7.43. The van der Waals surface area contributed by atoms with Gasteiger partial charge >= 0.3 is 0 Å². The van der Waals surface area contributed by atoms with Gasteiger partial charge < -0.3 is 9.84 Å². The highest BCUT2D eigenvalue weighted by Crippen LogP contribution is 2.23. The predicted molar refractivity (Wildman–Crippen MR) is 110 cm³/mol. The molecule has 1 fully saturated rings. The van der Waals surface area contributed by atoms with E-state index in [2.05, 4.69) is 32.4 Å². The van der Waals surface area contributed by atoms with Crippen LogP contribution >= 0.6 is 0 Å². The number of carbonyl (C=O) groups excluding carboxylic acids is 1. The highest BCUT2D eigenvalue weighted by Gasteiger charge is 2.26. The van der Waals surface area contributed by atoms with Crippen LogP contribution in [0.5, 0.6) is 0 Å². The fraction of sp³-hybridized carbons (Fsp3) is 0.364. The van der Waals surface area contributed by atoms with E-state index in [1.807, 2.05) is 50.2 Å². The number of rotatable bonds is 5. The zero-order chi connectivity index (χ0) is 19.5. The van der Waals surface area contributed by atoms with E-state index in [9.17, 15) is 4.79 Å². The van der Waals surface area contributed by atoms with Gasteiger partial charge in [0, 0.05) is 49.9 Å². The molecule has 1 saturated heterocycles. The first kappa shape index (κ1) is 18.7. The van der Waals surface area contributed by atoms with Gasteiger partial charge in [-0.15, -0.1) is 0 Å². The molecule has 1 N–H and O–H groups in total. The molecule has 0 bridgehead atoms. The molecule has 6 nitrogen and oxygen atoms in total. The molecular formula is C22H26N4O2. The van der Waals surface area contributed by atoms with Gasteiger partial charge in [-0.1, -0.05) is 41.6 Å². The first-order valence-corrected chi connectivity index (χ1v) is 9.77. The summed E-state index contributed by atoms with van der Waals surface area (Å²) >= 11 is 0. The number of nitrogens with one attached hydrogen (secondary N) is 1. The Balaban J connectivity index is 1.34. The number of nitrogens with zero attached hydrogens (tertiary/aromatic N) is 3. The van der Waals surface area contributed by atoms with Crippen LogP contribution < -0.4 is 5.32 Å². The Morgan fingerprint density at radius 1 is 1.14 bits per heavy atom. The summed E-state index contributed by atoms with van der Waals surface area (Å²) in [4.78, 5) is 17.4. The number of piperazine rings is 1. The largest absolute Gasteiger partial charge is 0.361 e. The maximum Gasteiger partial charge on any atom is 0.241 e. The van der Waals surface area contributed by atoms with Crippen molar-refractivity contribution < 1.29 is 9.32 Å². The number of hydrogen-bond acceptors (Lipinski definition) is 5. The van der Waals surface area contributed by atoms with Gasteiger partial charge in [-0.05, 0) is 25.3 Å². The lowest BCUT2D eigenvalue weighted by atomic mass is 10.1. The van der Waals surface area contributed by atoms with Crippen molar-refractivity contribution in [3.8, 4) is 0 Å². The molecule has 2 heterocycles. The van der Waals surface area contributed by atoms with Gasteiger partial charge in [0.25, 0.3) is 0 Å². The monoisotopic (exact) mass is 378 g/mol. The molecular weight excluding hydrogens is 352 g/mol. The number of aromatic nitrogens is 1. The minimum atomic E-state index is -0.171. The van der Waals surface area contributed by atoms with Crippen LogP contribution in [0.15, 0.2) is 53.1 Å². The summed E-state index contributed by atoms with van der Waals surface area (Å²) in [5.74, 6) is 0.879. The smallest absolute Gasteiger partial charge is 0.241 e. The molecule has 1 atom stereocenters. The predicted octanol–water partition coefficient (Wildman–Crippen LogP) is 3.28. The summed E-state index contributed by atoms with van der Waals surface area (Å²) in [6.07, 6.45) is 0. The van der Waals surface area contributed by atoms with Gasteiger partial charge in [0.1, 0.15) is 5.76 Å². The molecule has 28 heavy (non-hydrogen) atoms. The Morgan fingerprint density at radius 2 is 1.89 bits per heavy atom. The van der Waals surface area contributed by atoms with Crippen LogP contribution in [-0.2, 0) is 11.3 Å². The molecule has 0 radical (unpaired) electrons. The van der Waals surface area contributed by atoms with Gasteiger partial charge in [0.15, 0.2) is 0 Å². The zero-order valence-electron chi connectivity index (χ0n) is 16.4. The average molecular weight is 378 g/mol. The van der Waals surface area contributed by atoms with E-state index in [0.29, 0.717) is 0 Å². The lowest BCUT2D eigenvalue weighted by Crippen LogP contribution is -2.52. The fourth-order valence-corrected chi connectivity index (χ4v) is 3.77. The Kier molecular flexibility index (Phi) is 5.41. The molecule has 1 amide bonds. The Labute approximate surface area is 165 Å². The standard InChI is InChI=1S/C22H26N4O2/c1-16-14-19(24-28-16)15-25-10-12-26(13-11-25)17(2)22(27)23-21-9-5-7-18-6-3-4-8-20(18)21/h3-9,14,17H,10-13,15H2,1-2H3,(H,23,27)/t17-/m0/s1. The highest BCUT2D eigenvalue weighted by atomic mass is 16.5. The second-order valence-electron chi connectivity index (χ2n) is 7.43. The number of benzene rings is 2. The van der Waals surface area contributed by atoms with E-state index < -0.39 is 0 Å². The van der Waals surface area contributed by atoms with Crippen LogP contribution in [0.4, 0.5) is 5.69 Å². The van der Waals surface area contributed by atoms with E-state index >= 15 is 0 Å². The molecule has 2 aromatic carbocycles. The van der Waals surface area contributed by atoms with Crippen LogP contribution in [0.25, 0.3) is 10.8 Å². The minimum Gasteiger partial charge on any atom is -0.361 e. The van der Waals surface area contributed by atoms with Crippen molar-refractivity contribution in [3.05, 3.63) is 60.0 Å². The molecule has 1 aliphatic heterocycles. The first-order valence-electron chi connectivity index (χ1n) is 9.77. The number of fused-ring (bicyclic) bond motifs is 1. The molecule has 0 spiro atoms. The van der Waals surface area contributed by atoms with Gasteiger partial charge in [0.05, 0.1) is 11.7 Å². The van der Waals surface area contributed by atoms with E-state index in [1.165, 1.54) is 0 Å². The molecule has 146 valence electrons. The molecule has 1 aromatic heterocycles. The van der Waals surface area contributed by atoms with Crippen molar-refractivity contribution in [2.75, 3.05) is 31.5 Å². The topological polar surface area (TPSA) is 61.6 Å². The molecule has 3 aromatic rings. The summed E-state index contributed by atoms with van der Waals surface area (Å²) in [6, 6.07) is 15.9. The number of carbonyl (C=O) groups is 1. The number of anilines is 1. The second kappa shape index (κ2) is 8.12.